The zero-order valence-electron chi connectivity index (χ0n) is 25.4. The number of nitrogens with one attached hydrogen (secondary N) is 2. The van der Waals surface area contributed by atoms with Crippen molar-refractivity contribution in [1.29, 1.82) is 0 Å². The van der Waals surface area contributed by atoms with Gasteiger partial charge in [-0.2, -0.15) is 8.42 Å². The van der Waals surface area contributed by atoms with E-state index in [-0.39, 0.29) is 35.5 Å². The number of carbonyl (C=O) groups excluding carboxylic acids is 4. The number of allylic oxidation sites excluding steroid dienone is 1. The van der Waals surface area contributed by atoms with Crippen molar-refractivity contribution in [3.8, 4) is 0 Å². The van der Waals surface area contributed by atoms with Crippen LogP contribution in [0.2, 0.25) is 0 Å². The van der Waals surface area contributed by atoms with E-state index in [4.69, 9.17) is 13.7 Å². The molecule has 3 saturated carbocycles. The SMILES string of the molecule is COC(=O)[C@@]12C[C@H]1/C=C\CCCCC[C@H](NC(=O)OC1CCCC1)C(=O)C1C[C@@H](OS(=O)(=O)c3ccc(Br)cc3)C[C@H]1C(=O)N2. The Hall–Kier alpha value is -2.77. The van der Waals surface area contributed by atoms with Crippen LogP contribution < -0.4 is 10.6 Å². The Bertz CT molecular complexity index is 1410. The van der Waals surface area contributed by atoms with Crippen LogP contribution >= 0.6 is 15.9 Å². The van der Waals surface area contributed by atoms with Gasteiger partial charge in [-0.1, -0.05) is 40.9 Å². The molecule has 1 aliphatic heterocycles. The molecule has 0 radical (unpaired) electrons. The second-order valence-electron chi connectivity index (χ2n) is 12.6. The molecule has 0 spiro atoms. The number of hydrogen-bond acceptors (Lipinski definition) is 9. The second kappa shape index (κ2) is 14.3. The number of carbonyl (C=O) groups is 4. The normalized spacial score (nSPS) is 31.8. The number of halogens is 1. The van der Waals surface area contributed by atoms with Gasteiger partial charge >= 0.3 is 12.1 Å². The van der Waals surface area contributed by atoms with Gasteiger partial charge in [0.15, 0.2) is 5.78 Å². The van der Waals surface area contributed by atoms with Crippen molar-refractivity contribution in [3.63, 3.8) is 0 Å². The highest BCUT2D eigenvalue weighted by atomic mass is 79.9. The number of hydrogen-bond donors (Lipinski definition) is 2. The van der Waals surface area contributed by atoms with Gasteiger partial charge < -0.3 is 20.1 Å². The molecule has 13 heteroatoms. The molecule has 45 heavy (non-hydrogen) atoms. The van der Waals surface area contributed by atoms with Crippen LogP contribution in [0.15, 0.2) is 45.8 Å². The summed E-state index contributed by atoms with van der Waals surface area (Å²) in [6, 6.07) is 5.04. The molecule has 11 nitrogen and oxygen atoms in total. The summed E-state index contributed by atoms with van der Waals surface area (Å²) < 4.78 is 43.3. The molecule has 2 N–H and O–H groups in total. The maximum Gasteiger partial charge on any atom is 0.407 e. The summed E-state index contributed by atoms with van der Waals surface area (Å²) in [5.74, 6) is -3.70. The molecule has 4 aliphatic rings. The topological polar surface area (TPSA) is 154 Å². The van der Waals surface area contributed by atoms with E-state index in [1.807, 2.05) is 12.2 Å². The molecule has 0 saturated heterocycles. The Morgan fingerprint density at radius 1 is 0.956 bits per heavy atom. The Morgan fingerprint density at radius 2 is 1.64 bits per heavy atom. The lowest BCUT2D eigenvalue weighted by Crippen LogP contribution is -2.51. The van der Waals surface area contributed by atoms with Gasteiger partial charge in [0.25, 0.3) is 10.1 Å². The van der Waals surface area contributed by atoms with Gasteiger partial charge in [-0.3, -0.25) is 13.8 Å². The van der Waals surface area contributed by atoms with E-state index in [0.717, 1.165) is 44.9 Å². The molecule has 1 aromatic rings. The zero-order valence-corrected chi connectivity index (χ0v) is 27.8. The van der Waals surface area contributed by atoms with Gasteiger partial charge in [0.05, 0.1) is 30.1 Å². The third kappa shape index (κ3) is 7.97. The second-order valence-corrected chi connectivity index (χ2v) is 15.0. The number of fused-ring (bicyclic) bond motifs is 2. The minimum absolute atomic E-state index is 0.0446. The number of alkyl carbamates (subject to hydrolysis) is 1. The maximum absolute atomic E-state index is 14.2. The zero-order chi connectivity index (χ0) is 32.2. The predicted molar refractivity (Wildman–Crippen MR) is 166 cm³/mol. The number of ether oxygens (including phenoxy) is 2. The van der Waals surface area contributed by atoms with Crippen molar-refractivity contribution in [2.45, 2.75) is 106 Å². The highest BCUT2D eigenvalue weighted by Crippen LogP contribution is 2.47. The largest absolute Gasteiger partial charge is 0.467 e. The molecule has 0 aromatic heterocycles. The van der Waals surface area contributed by atoms with Crippen molar-refractivity contribution >= 4 is 49.8 Å². The lowest BCUT2D eigenvalue weighted by molar-refractivity contribution is -0.147. The van der Waals surface area contributed by atoms with Gasteiger partial charge in [-0.15, -0.1) is 0 Å². The number of esters is 1. The van der Waals surface area contributed by atoms with Gasteiger partial charge in [-0.25, -0.2) is 9.59 Å². The van der Waals surface area contributed by atoms with E-state index in [2.05, 4.69) is 26.6 Å². The van der Waals surface area contributed by atoms with Crippen LogP contribution in [0.3, 0.4) is 0 Å². The highest BCUT2D eigenvalue weighted by Gasteiger charge is 2.62. The van der Waals surface area contributed by atoms with Crippen LogP contribution in [0, 0.1) is 17.8 Å². The van der Waals surface area contributed by atoms with Gasteiger partial charge in [0.2, 0.25) is 5.91 Å². The van der Waals surface area contributed by atoms with Gasteiger partial charge in [0, 0.05) is 16.3 Å². The van der Waals surface area contributed by atoms with E-state index in [0.29, 0.717) is 23.7 Å². The first-order valence-corrected chi connectivity index (χ1v) is 18.0. The summed E-state index contributed by atoms with van der Waals surface area (Å²) in [7, 11) is -2.95. The average molecular weight is 710 g/mol. The minimum atomic E-state index is -4.21. The molecule has 246 valence electrons. The van der Waals surface area contributed by atoms with Crippen LogP contribution in [-0.2, 0) is 38.2 Å². The summed E-state index contributed by atoms with van der Waals surface area (Å²) in [6.45, 7) is 0. The van der Waals surface area contributed by atoms with Gasteiger partial charge in [0.1, 0.15) is 11.6 Å². The van der Waals surface area contributed by atoms with E-state index >= 15 is 0 Å². The third-order valence-corrected chi connectivity index (χ3v) is 11.3. The molecule has 5 rings (SSSR count). The highest BCUT2D eigenvalue weighted by molar-refractivity contribution is 9.10. The van der Waals surface area contributed by atoms with Crippen molar-refractivity contribution < 1.29 is 41.3 Å². The number of ketones is 1. The van der Waals surface area contributed by atoms with E-state index < -0.39 is 57.6 Å². The molecule has 3 fully saturated rings. The lowest BCUT2D eigenvalue weighted by atomic mass is 9.86. The van der Waals surface area contributed by atoms with Crippen molar-refractivity contribution in [1.82, 2.24) is 10.6 Å². The fourth-order valence-corrected chi connectivity index (χ4v) is 8.24. The number of benzene rings is 1. The molecule has 2 amide bonds. The van der Waals surface area contributed by atoms with Crippen molar-refractivity contribution in [2.75, 3.05) is 7.11 Å². The van der Waals surface area contributed by atoms with Crippen LogP contribution in [0.5, 0.6) is 0 Å². The fourth-order valence-electron chi connectivity index (χ4n) is 6.88. The number of amides is 2. The molecule has 1 unspecified atom stereocenters. The van der Waals surface area contributed by atoms with Crippen LogP contribution in [-0.4, -0.2) is 63.1 Å². The number of rotatable bonds is 6. The summed E-state index contributed by atoms with van der Waals surface area (Å²) in [4.78, 5) is 53.8. The van der Waals surface area contributed by atoms with E-state index in [9.17, 15) is 27.6 Å². The van der Waals surface area contributed by atoms with Crippen molar-refractivity contribution in [3.05, 3.63) is 40.9 Å². The lowest BCUT2D eigenvalue weighted by Gasteiger charge is -2.26. The summed E-state index contributed by atoms with van der Waals surface area (Å²) in [6.07, 6.45) is 9.29. The Morgan fingerprint density at radius 3 is 2.36 bits per heavy atom. The smallest absolute Gasteiger partial charge is 0.407 e. The summed E-state index contributed by atoms with van der Waals surface area (Å²) in [5, 5.41) is 5.63. The van der Waals surface area contributed by atoms with Crippen LogP contribution in [0.4, 0.5) is 4.79 Å². The number of methoxy groups -OCH3 is 1. The molecule has 6 atom stereocenters. The van der Waals surface area contributed by atoms with E-state index in [1.165, 1.54) is 19.2 Å². The summed E-state index contributed by atoms with van der Waals surface area (Å²) >= 11 is 3.29. The Labute approximate surface area is 272 Å². The predicted octanol–water partition coefficient (Wildman–Crippen LogP) is 4.72. The monoisotopic (exact) mass is 708 g/mol. The Kier molecular flexibility index (Phi) is 10.7. The first-order chi connectivity index (χ1) is 21.5. The third-order valence-electron chi connectivity index (χ3n) is 9.44. The molecule has 1 aromatic carbocycles. The van der Waals surface area contributed by atoms with Crippen LogP contribution in [0.25, 0.3) is 0 Å². The molecule has 3 aliphatic carbocycles. The Balaban J connectivity index is 1.41. The fraction of sp³-hybridized carbons (Fsp3) is 0.625. The summed E-state index contributed by atoms with van der Waals surface area (Å²) in [5.41, 5.74) is -1.25. The minimum Gasteiger partial charge on any atom is -0.467 e. The standard InChI is InChI=1S/C32H41BrN2O9S/c1-42-30(38)32-19-20(32)9-5-3-2-4-6-12-27(34-31(39)43-22-10-7-8-11-22)28(36)25-17-23(18-26(25)29(37)35-32)44-45(40,41)24-15-13-21(33)14-16-24/h5,9,13-16,20,22-23,25-27H,2-4,6-8,10-12,17-19H2,1H3,(H,34,39)(H,35,37)/b9-5-/t20-,23-,25?,26-,27+,32-/m1/s1. The molecule has 1 heterocycles. The van der Waals surface area contributed by atoms with Crippen LogP contribution in [0.1, 0.15) is 77.0 Å². The molecular weight excluding hydrogens is 668 g/mol. The number of Topliss-reactive ketones (excluding diaryl/α,β-unsaturated/α-hetero) is 1. The first-order valence-electron chi connectivity index (χ1n) is 15.8. The maximum atomic E-state index is 14.2. The van der Waals surface area contributed by atoms with Gasteiger partial charge in [-0.05, 0) is 88.5 Å². The first kappa shape index (κ1) is 33.6. The van der Waals surface area contributed by atoms with E-state index in [1.54, 1.807) is 12.1 Å². The average Bonchev–Trinajstić information content (AvgIpc) is 3.29. The quantitative estimate of drug-likeness (QED) is 0.243. The van der Waals surface area contributed by atoms with Crippen molar-refractivity contribution in [2.24, 2.45) is 17.8 Å². The molecule has 0 bridgehead atoms. The molecular formula is C32H41BrN2O9S.